The maximum Gasteiger partial charge on any atom is 0.257 e. The lowest BCUT2D eigenvalue weighted by Crippen LogP contribution is -2.42. The molecule has 23 heavy (non-hydrogen) atoms. The van der Waals surface area contributed by atoms with Gasteiger partial charge in [-0.1, -0.05) is 41.9 Å². The van der Waals surface area contributed by atoms with E-state index in [0.29, 0.717) is 36.0 Å². The zero-order chi connectivity index (χ0) is 16.2. The molecular weight excluding hydrogens is 314 g/mol. The molecule has 0 aliphatic carbocycles. The summed E-state index contributed by atoms with van der Waals surface area (Å²) in [6, 6.07) is 15.0. The summed E-state index contributed by atoms with van der Waals surface area (Å²) in [7, 11) is 1.55. The fraction of sp³-hybridized carbons (Fsp3) is 0.278. The Kier molecular flexibility index (Phi) is 4.84. The highest BCUT2D eigenvalue weighted by molar-refractivity contribution is 6.31. The topological polar surface area (TPSA) is 38.8 Å². The fourth-order valence-electron chi connectivity index (χ4n) is 2.72. The van der Waals surface area contributed by atoms with Crippen LogP contribution in [0.4, 0.5) is 0 Å². The maximum absolute atomic E-state index is 12.8. The monoisotopic (exact) mass is 331 g/mol. The molecule has 1 unspecified atom stereocenters. The third-order valence-corrected chi connectivity index (χ3v) is 4.15. The van der Waals surface area contributed by atoms with Crippen molar-refractivity contribution in [1.29, 1.82) is 0 Å². The van der Waals surface area contributed by atoms with E-state index in [1.165, 1.54) is 0 Å². The predicted octanol–water partition coefficient (Wildman–Crippen LogP) is 3.56. The second-order valence-electron chi connectivity index (χ2n) is 5.37. The number of methoxy groups -OCH3 is 1. The number of carbonyl (C=O) groups excluding carboxylic acids is 1. The average Bonchev–Trinajstić information content (AvgIpc) is 2.62. The van der Waals surface area contributed by atoms with Crippen LogP contribution in [0.3, 0.4) is 0 Å². The van der Waals surface area contributed by atoms with Gasteiger partial charge in [0.25, 0.3) is 5.91 Å². The molecule has 0 aromatic heterocycles. The minimum Gasteiger partial charge on any atom is -0.496 e. The molecule has 5 heteroatoms. The normalized spacial score (nSPS) is 17.8. The van der Waals surface area contributed by atoms with Crippen LogP contribution >= 0.6 is 11.6 Å². The highest BCUT2D eigenvalue weighted by Crippen LogP contribution is 2.27. The second kappa shape index (κ2) is 7.02. The molecule has 2 aromatic rings. The van der Waals surface area contributed by atoms with E-state index in [9.17, 15) is 4.79 Å². The van der Waals surface area contributed by atoms with Crippen molar-refractivity contribution in [2.24, 2.45) is 0 Å². The van der Waals surface area contributed by atoms with Crippen LogP contribution in [-0.4, -0.2) is 37.6 Å². The molecule has 120 valence electrons. The standard InChI is InChI=1S/C18H18ClNO3/c1-22-16-8-7-14(19)11-15(16)18(21)20-9-10-23-17(12-20)13-5-3-2-4-6-13/h2-8,11,17H,9-10,12H2,1H3. The third-order valence-electron chi connectivity index (χ3n) is 3.92. The lowest BCUT2D eigenvalue weighted by molar-refractivity contribution is -0.0229. The number of amides is 1. The molecule has 1 fully saturated rings. The molecule has 3 rings (SSSR count). The number of rotatable bonds is 3. The van der Waals surface area contributed by atoms with E-state index in [0.717, 1.165) is 5.56 Å². The summed E-state index contributed by atoms with van der Waals surface area (Å²) in [5.74, 6) is 0.440. The van der Waals surface area contributed by atoms with Crippen LogP contribution in [0.5, 0.6) is 5.75 Å². The van der Waals surface area contributed by atoms with Gasteiger partial charge in [-0.2, -0.15) is 0 Å². The SMILES string of the molecule is COc1ccc(Cl)cc1C(=O)N1CCOC(c2ccccc2)C1. The molecular formula is C18H18ClNO3. The predicted molar refractivity (Wildman–Crippen MR) is 89.0 cm³/mol. The van der Waals surface area contributed by atoms with Gasteiger partial charge in [0.1, 0.15) is 11.9 Å². The van der Waals surface area contributed by atoms with Gasteiger partial charge in [-0.25, -0.2) is 0 Å². The first-order valence-corrected chi connectivity index (χ1v) is 7.86. The van der Waals surface area contributed by atoms with Gasteiger partial charge in [0, 0.05) is 11.6 Å². The number of morpholine rings is 1. The van der Waals surface area contributed by atoms with Crippen molar-refractivity contribution in [3.63, 3.8) is 0 Å². The number of carbonyl (C=O) groups is 1. The average molecular weight is 332 g/mol. The maximum atomic E-state index is 12.8. The van der Waals surface area contributed by atoms with Crippen molar-refractivity contribution < 1.29 is 14.3 Å². The van der Waals surface area contributed by atoms with E-state index in [-0.39, 0.29) is 12.0 Å². The van der Waals surface area contributed by atoms with Gasteiger partial charge in [0.2, 0.25) is 0 Å². The molecule has 1 aliphatic heterocycles. The number of hydrogen-bond donors (Lipinski definition) is 0. The quantitative estimate of drug-likeness (QED) is 0.863. The number of benzene rings is 2. The van der Waals surface area contributed by atoms with Crippen molar-refractivity contribution in [3.8, 4) is 5.75 Å². The van der Waals surface area contributed by atoms with Crippen molar-refractivity contribution in [2.75, 3.05) is 26.8 Å². The first kappa shape index (κ1) is 15.8. The zero-order valence-electron chi connectivity index (χ0n) is 12.9. The fourth-order valence-corrected chi connectivity index (χ4v) is 2.89. The summed E-state index contributed by atoms with van der Waals surface area (Å²) in [6.45, 7) is 1.57. The minimum absolute atomic E-state index is 0.0893. The van der Waals surface area contributed by atoms with Crippen molar-refractivity contribution in [2.45, 2.75) is 6.10 Å². The zero-order valence-corrected chi connectivity index (χ0v) is 13.6. The summed E-state index contributed by atoms with van der Waals surface area (Å²) in [4.78, 5) is 14.6. The summed E-state index contributed by atoms with van der Waals surface area (Å²) in [6.07, 6.45) is -0.112. The van der Waals surface area contributed by atoms with Gasteiger partial charge in [-0.15, -0.1) is 0 Å². The van der Waals surface area contributed by atoms with Crippen LogP contribution in [0, 0.1) is 0 Å². The minimum atomic E-state index is -0.112. The van der Waals surface area contributed by atoms with Gasteiger partial charge in [0.05, 0.1) is 25.8 Å². The summed E-state index contributed by atoms with van der Waals surface area (Å²) >= 11 is 6.03. The smallest absolute Gasteiger partial charge is 0.257 e. The molecule has 1 heterocycles. The number of halogens is 1. The van der Waals surface area contributed by atoms with E-state index < -0.39 is 0 Å². The summed E-state index contributed by atoms with van der Waals surface area (Å²) < 4.78 is 11.1. The molecule has 1 atom stereocenters. The number of hydrogen-bond acceptors (Lipinski definition) is 3. The summed E-state index contributed by atoms with van der Waals surface area (Å²) in [5, 5.41) is 0.516. The van der Waals surface area contributed by atoms with Crippen LogP contribution in [0.15, 0.2) is 48.5 Å². The Balaban J connectivity index is 1.81. The van der Waals surface area contributed by atoms with E-state index >= 15 is 0 Å². The molecule has 1 aliphatic rings. The number of nitrogens with zero attached hydrogens (tertiary/aromatic N) is 1. The Hall–Kier alpha value is -2.04. The molecule has 1 saturated heterocycles. The Morgan fingerprint density at radius 2 is 2.04 bits per heavy atom. The van der Waals surface area contributed by atoms with Crippen LogP contribution in [-0.2, 0) is 4.74 Å². The van der Waals surface area contributed by atoms with Gasteiger partial charge >= 0.3 is 0 Å². The van der Waals surface area contributed by atoms with Crippen LogP contribution in [0.1, 0.15) is 22.0 Å². The van der Waals surface area contributed by atoms with E-state index in [1.54, 1.807) is 30.2 Å². The first-order chi connectivity index (χ1) is 11.2. The molecule has 4 nitrogen and oxygen atoms in total. The Morgan fingerprint density at radius 3 is 2.78 bits per heavy atom. The molecule has 1 amide bonds. The lowest BCUT2D eigenvalue weighted by atomic mass is 10.1. The third kappa shape index (κ3) is 3.49. The largest absolute Gasteiger partial charge is 0.496 e. The van der Waals surface area contributed by atoms with Gasteiger partial charge in [-0.3, -0.25) is 4.79 Å². The van der Waals surface area contributed by atoms with Crippen LogP contribution in [0.2, 0.25) is 5.02 Å². The van der Waals surface area contributed by atoms with Crippen molar-refractivity contribution in [3.05, 3.63) is 64.7 Å². The highest BCUT2D eigenvalue weighted by Gasteiger charge is 2.27. The molecule has 0 radical (unpaired) electrons. The lowest BCUT2D eigenvalue weighted by Gasteiger charge is -2.33. The summed E-state index contributed by atoms with van der Waals surface area (Å²) in [5.41, 5.74) is 1.55. The molecule has 2 aromatic carbocycles. The Morgan fingerprint density at radius 1 is 1.26 bits per heavy atom. The van der Waals surface area contributed by atoms with E-state index in [4.69, 9.17) is 21.1 Å². The molecule has 0 saturated carbocycles. The first-order valence-electron chi connectivity index (χ1n) is 7.48. The Labute approximate surface area is 140 Å². The van der Waals surface area contributed by atoms with Gasteiger partial charge in [0.15, 0.2) is 0 Å². The highest BCUT2D eigenvalue weighted by atomic mass is 35.5. The van der Waals surface area contributed by atoms with Gasteiger partial charge < -0.3 is 14.4 Å². The van der Waals surface area contributed by atoms with E-state index in [2.05, 4.69) is 0 Å². The Bertz CT molecular complexity index is 690. The van der Waals surface area contributed by atoms with Crippen LogP contribution < -0.4 is 4.74 Å². The van der Waals surface area contributed by atoms with E-state index in [1.807, 2.05) is 30.3 Å². The van der Waals surface area contributed by atoms with Gasteiger partial charge in [-0.05, 0) is 23.8 Å². The number of ether oxygens (including phenoxy) is 2. The second-order valence-corrected chi connectivity index (χ2v) is 5.80. The molecule has 0 bridgehead atoms. The molecule has 0 spiro atoms. The molecule has 0 N–H and O–H groups in total. The van der Waals surface area contributed by atoms with Crippen molar-refractivity contribution in [1.82, 2.24) is 4.90 Å². The van der Waals surface area contributed by atoms with Crippen LogP contribution in [0.25, 0.3) is 0 Å². The van der Waals surface area contributed by atoms with Crippen molar-refractivity contribution >= 4 is 17.5 Å².